The average Bonchev–Trinajstić information content (AvgIpc) is 3.59. The summed E-state index contributed by atoms with van der Waals surface area (Å²) in [7, 11) is -12.2. The highest BCUT2D eigenvalue weighted by Crippen LogP contribution is 2.60. The Morgan fingerprint density at radius 3 is 1.85 bits per heavy atom. The smallest absolute Gasteiger partial charge is 0.263 e. The van der Waals surface area contributed by atoms with Crippen LogP contribution in [0.15, 0.2) is 111 Å². The highest BCUT2D eigenvalue weighted by Gasteiger charge is 2.52. The summed E-state index contributed by atoms with van der Waals surface area (Å²) in [5.41, 5.74) is 8.64. The fourth-order valence-electron chi connectivity index (χ4n) is 10.8. The molecule has 8 rings (SSSR count). The van der Waals surface area contributed by atoms with E-state index >= 15 is 0 Å². The van der Waals surface area contributed by atoms with Crippen molar-refractivity contribution in [3.05, 3.63) is 136 Å². The molecule has 0 bridgehead atoms. The van der Waals surface area contributed by atoms with Gasteiger partial charge in [-0.2, -0.15) is 21.1 Å². The van der Waals surface area contributed by atoms with E-state index in [0.717, 1.165) is 47.1 Å². The highest BCUT2D eigenvalue weighted by molar-refractivity contribution is 7.89. The first-order valence-corrected chi connectivity index (χ1v) is 25.4. The summed E-state index contributed by atoms with van der Waals surface area (Å²) in [5.74, 6) is 0.0318. The Morgan fingerprint density at radius 2 is 1.27 bits per heavy atom. The van der Waals surface area contributed by atoms with Crippen LogP contribution in [0, 0.1) is 44.9 Å². The summed E-state index contributed by atoms with van der Waals surface area (Å²) in [4.78, 5) is 0.380. The van der Waals surface area contributed by atoms with E-state index < -0.39 is 54.4 Å². The predicted octanol–water partition coefficient (Wildman–Crippen LogP) is 9.45. The molecule has 1 saturated carbocycles. The summed E-state index contributed by atoms with van der Waals surface area (Å²) >= 11 is 0. The maximum absolute atomic E-state index is 14.7. The average molecular weight is 872 g/mol. The van der Waals surface area contributed by atoms with Crippen LogP contribution in [0.25, 0.3) is 0 Å². The van der Waals surface area contributed by atoms with E-state index in [1.165, 1.54) is 33.1 Å². The van der Waals surface area contributed by atoms with Crippen molar-refractivity contribution in [3.63, 3.8) is 0 Å². The minimum atomic E-state index is -4.24. The Labute approximate surface area is 357 Å². The summed E-state index contributed by atoms with van der Waals surface area (Å²) in [6, 6.07) is 23.6. The first-order chi connectivity index (χ1) is 28.3. The van der Waals surface area contributed by atoms with Gasteiger partial charge in [-0.3, -0.25) is 8.37 Å². The van der Waals surface area contributed by atoms with Crippen molar-refractivity contribution in [1.82, 2.24) is 4.31 Å². The molecule has 1 saturated heterocycles. The fraction of sp³-hybridized carbons (Fsp3) is 0.458. The van der Waals surface area contributed by atoms with Gasteiger partial charge in [0.1, 0.15) is 0 Å². The number of allylic oxidation sites excluding steroid dienone is 1. The molecular weight excluding hydrogens is 815 g/mol. The molecule has 3 aliphatic carbocycles. The molecule has 0 radical (unpaired) electrons. The Balaban J connectivity index is 1.10. The van der Waals surface area contributed by atoms with Gasteiger partial charge in [0.15, 0.2) is 0 Å². The lowest BCUT2D eigenvalue weighted by atomic mass is 9.57. The maximum Gasteiger partial charge on any atom is 0.297 e. The van der Waals surface area contributed by atoms with Gasteiger partial charge in [-0.15, -0.1) is 0 Å². The van der Waals surface area contributed by atoms with Crippen LogP contribution >= 0.6 is 0 Å². The summed E-state index contributed by atoms with van der Waals surface area (Å²) in [6.07, 6.45) is 5.05. The molecule has 8 unspecified atom stereocenters. The number of fused-ring (bicyclic) bond motifs is 5. The monoisotopic (exact) mass is 871 g/mol. The molecule has 0 aromatic heterocycles. The molecule has 12 heteroatoms. The molecule has 9 nitrogen and oxygen atoms in total. The minimum Gasteiger partial charge on any atom is -0.263 e. The quantitative estimate of drug-likeness (QED) is 0.114. The Hall–Kier alpha value is -3.65. The third kappa shape index (κ3) is 7.85. The van der Waals surface area contributed by atoms with Crippen LogP contribution in [0.5, 0.6) is 0 Å². The van der Waals surface area contributed by atoms with Gasteiger partial charge < -0.3 is 0 Å². The van der Waals surface area contributed by atoms with Gasteiger partial charge in [0.05, 0.1) is 32.9 Å². The molecule has 2 fully saturated rings. The lowest BCUT2D eigenvalue weighted by Crippen LogP contribution is -2.56. The molecule has 4 aliphatic rings. The minimum absolute atomic E-state index is 0.0388. The van der Waals surface area contributed by atoms with Gasteiger partial charge in [0.2, 0.25) is 10.0 Å². The van der Waals surface area contributed by atoms with Crippen LogP contribution in [-0.4, -0.2) is 54.4 Å². The van der Waals surface area contributed by atoms with Crippen LogP contribution in [0.3, 0.4) is 0 Å². The van der Waals surface area contributed by atoms with Gasteiger partial charge in [0.25, 0.3) is 20.2 Å². The van der Waals surface area contributed by atoms with Crippen molar-refractivity contribution in [2.45, 2.75) is 132 Å². The lowest BCUT2D eigenvalue weighted by Gasteiger charge is -2.48. The zero-order valence-electron chi connectivity index (χ0n) is 35.6. The first-order valence-electron chi connectivity index (χ1n) is 21.2. The molecule has 60 heavy (non-hydrogen) atoms. The van der Waals surface area contributed by atoms with Crippen molar-refractivity contribution in [1.29, 1.82) is 0 Å². The topological polar surface area (TPSA) is 124 Å². The van der Waals surface area contributed by atoms with E-state index in [1.54, 1.807) is 60.7 Å². The summed E-state index contributed by atoms with van der Waals surface area (Å²) < 4.78 is 97.3. The van der Waals surface area contributed by atoms with Crippen LogP contribution < -0.4 is 0 Å². The molecule has 0 N–H and O–H groups in total. The van der Waals surface area contributed by atoms with E-state index in [9.17, 15) is 25.3 Å². The molecule has 4 aromatic carbocycles. The molecule has 320 valence electrons. The van der Waals surface area contributed by atoms with Crippen LogP contribution in [0.4, 0.5) is 0 Å². The van der Waals surface area contributed by atoms with Gasteiger partial charge in [-0.1, -0.05) is 97.6 Å². The van der Waals surface area contributed by atoms with Gasteiger partial charge >= 0.3 is 0 Å². The van der Waals surface area contributed by atoms with Crippen molar-refractivity contribution in [3.8, 4) is 0 Å². The number of benzene rings is 4. The van der Waals surface area contributed by atoms with Crippen molar-refractivity contribution in [2.24, 2.45) is 17.3 Å². The largest absolute Gasteiger partial charge is 0.297 e. The highest BCUT2D eigenvalue weighted by atomic mass is 32.2. The third-order valence-electron chi connectivity index (χ3n) is 14.2. The van der Waals surface area contributed by atoms with E-state index in [0.29, 0.717) is 31.1 Å². The number of sulfonamides is 1. The summed E-state index contributed by atoms with van der Waals surface area (Å²) in [5, 5.41) is 0. The van der Waals surface area contributed by atoms with Gasteiger partial charge in [-0.05, 0) is 148 Å². The zero-order chi connectivity index (χ0) is 42.9. The number of piperidine rings is 1. The van der Waals surface area contributed by atoms with Crippen LogP contribution in [0.2, 0.25) is 0 Å². The zero-order valence-corrected chi connectivity index (χ0v) is 38.0. The standard InChI is InChI=1S/C48H57NO8S3/c1-30-8-15-38(16-9-30)58(50,51)49-29-33(4)26-46(57-60(54,55)40-19-12-32(3)13-20-40)47(49)35(6)41-22-23-42-43-21-14-36-27-37(56-59(52,53)39-17-10-31(2)11-18-39)24-25-48(36,7)45(43)28-44(42)34(41)5/h8-20,22-23,33,35,37,43,45-47H,21,24-29H2,1-7H3. The van der Waals surface area contributed by atoms with Crippen LogP contribution in [-0.2, 0) is 45.0 Å². The van der Waals surface area contributed by atoms with E-state index in [-0.39, 0.29) is 32.6 Å². The second-order valence-electron chi connectivity index (χ2n) is 18.3. The van der Waals surface area contributed by atoms with E-state index in [2.05, 4.69) is 32.1 Å². The maximum atomic E-state index is 14.7. The number of nitrogens with zero attached hydrogens (tertiary/aromatic N) is 1. The molecule has 8 atom stereocenters. The van der Waals surface area contributed by atoms with Crippen molar-refractivity contribution < 1.29 is 33.6 Å². The van der Waals surface area contributed by atoms with Crippen molar-refractivity contribution in [2.75, 3.05) is 6.54 Å². The normalized spacial score (nSPS) is 27.7. The number of hydrogen-bond donors (Lipinski definition) is 0. The molecule has 0 spiro atoms. The number of hydrogen-bond acceptors (Lipinski definition) is 8. The predicted molar refractivity (Wildman–Crippen MR) is 233 cm³/mol. The fourth-order valence-corrected chi connectivity index (χ4v) is 14.8. The summed E-state index contributed by atoms with van der Waals surface area (Å²) in [6.45, 7) is 14.4. The second kappa shape index (κ2) is 15.9. The number of rotatable bonds is 10. The van der Waals surface area contributed by atoms with Gasteiger partial charge in [0, 0.05) is 12.5 Å². The molecule has 1 heterocycles. The van der Waals surface area contributed by atoms with Crippen molar-refractivity contribution >= 4 is 30.3 Å². The molecular formula is C48H57NO8S3. The second-order valence-corrected chi connectivity index (χ2v) is 23.3. The molecule has 1 aliphatic heterocycles. The number of aryl methyl sites for hydroxylation is 3. The van der Waals surface area contributed by atoms with Gasteiger partial charge in [-0.25, -0.2) is 8.42 Å². The third-order valence-corrected chi connectivity index (χ3v) is 18.8. The van der Waals surface area contributed by atoms with Crippen LogP contribution in [0.1, 0.15) is 104 Å². The first kappa shape index (κ1) is 43.0. The van der Waals surface area contributed by atoms with E-state index in [4.69, 9.17) is 8.37 Å². The Morgan fingerprint density at radius 1 is 0.717 bits per heavy atom. The SMILES string of the molecule is Cc1ccc(S(=O)(=O)OC2CCC3(C)C(=CCC4c5ccc(C(C)C6C(OS(=O)(=O)c7ccc(C)cc7)CC(C)CN6S(=O)(=O)c6ccc(C)cc6)c(C)c5CC43)C2)cc1. The Bertz CT molecular complexity index is 2640. The molecule has 0 amide bonds. The Kier molecular flexibility index (Phi) is 11.4. The molecule has 4 aromatic rings. The van der Waals surface area contributed by atoms with E-state index in [1.807, 2.05) is 34.6 Å². The lowest BCUT2D eigenvalue weighted by molar-refractivity contribution is 0.0413.